The summed E-state index contributed by atoms with van der Waals surface area (Å²) in [5, 5.41) is 9.65. The summed E-state index contributed by atoms with van der Waals surface area (Å²) in [6, 6.07) is 0. The molecule has 0 spiro atoms. The van der Waals surface area contributed by atoms with Gasteiger partial charge in [-0.3, -0.25) is 9.79 Å². The van der Waals surface area contributed by atoms with Crippen molar-refractivity contribution in [1.29, 1.82) is 0 Å². The highest BCUT2D eigenvalue weighted by Gasteiger charge is 2.18. The first-order chi connectivity index (χ1) is 12.7. The number of hydrogen-bond donors (Lipinski definition) is 3. The lowest BCUT2D eigenvalue weighted by Crippen LogP contribution is -2.42. The van der Waals surface area contributed by atoms with E-state index in [9.17, 15) is 4.79 Å². The predicted molar refractivity (Wildman–Crippen MR) is 124 cm³/mol. The minimum Gasteiger partial charge on any atom is -0.356 e. The molecule has 158 valence electrons. The van der Waals surface area contributed by atoms with Crippen LogP contribution in [0, 0.1) is 11.8 Å². The molecule has 0 aromatic carbocycles. The molecular weight excluding hydrogens is 453 g/mol. The van der Waals surface area contributed by atoms with Gasteiger partial charge < -0.3 is 20.9 Å². The molecule has 1 heterocycles. The van der Waals surface area contributed by atoms with Crippen LogP contribution in [0.25, 0.3) is 0 Å². The molecular formula is C20H40IN5O. The van der Waals surface area contributed by atoms with Gasteiger partial charge in [-0.05, 0) is 63.6 Å². The largest absolute Gasteiger partial charge is 0.356 e. The zero-order valence-corrected chi connectivity index (χ0v) is 19.6. The third-order valence-corrected chi connectivity index (χ3v) is 5.73. The van der Waals surface area contributed by atoms with Crippen LogP contribution < -0.4 is 16.0 Å². The Kier molecular flexibility index (Phi) is 13.1. The van der Waals surface area contributed by atoms with Crippen molar-refractivity contribution in [2.24, 2.45) is 16.8 Å². The van der Waals surface area contributed by atoms with Gasteiger partial charge in [-0.15, -0.1) is 24.0 Å². The second-order valence-corrected chi connectivity index (χ2v) is 8.01. The van der Waals surface area contributed by atoms with Crippen molar-refractivity contribution in [3.05, 3.63) is 0 Å². The average Bonchev–Trinajstić information content (AvgIpc) is 3.14. The van der Waals surface area contributed by atoms with Crippen molar-refractivity contribution in [3.8, 4) is 0 Å². The Labute approximate surface area is 182 Å². The van der Waals surface area contributed by atoms with Crippen LogP contribution in [0.2, 0.25) is 0 Å². The molecule has 3 N–H and O–H groups in total. The molecule has 7 heteroatoms. The van der Waals surface area contributed by atoms with Crippen molar-refractivity contribution >= 4 is 35.8 Å². The summed E-state index contributed by atoms with van der Waals surface area (Å²) in [5.74, 6) is 2.52. The summed E-state index contributed by atoms with van der Waals surface area (Å²) in [7, 11) is 1.79. The van der Waals surface area contributed by atoms with Crippen LogP contribution in [0.4, 0.5) is 0 Å². The quantitative estimate of drug-likeness (QED) is 0.200. The Balaban J connectivity index is 0.00000364. The number of nitrogens with zero attached hydrogens (tertiary/aromatic N) is 2. The van der Waals surface area contributed by atoms with Crippen LogP contribution >= 0.6 is 24.0 Å². The van der Waals surface area contributed by atoms with Crippen molar-refractivity contribution in [2.45, 2.75) is 58.3 Å². The number of likely N-dealkylation sites (tertiary alicyclic amines) is 1. The number of halogens is 1. The standard InChI is InChI=1S/C20H39N5O.HI/c1-17-8-14-25(15-9-17)13-5-10-23-20(21-2)24-12-11-22-19(26)16-18-6-3-4-7-18;/h17-18H,3-16H2,1-2H3,(H,22,26)(H2,21,23,24);1H. The number of guanidine groups is 1. The van der Waals surface area contributed by atoms with Gasteiger partial charge in [0.1, 0.15) is 0 Å². The summed E-state index contributed by atoms with van der Waals surface area (Å²) in [6.07, 6.45) is 9.52. The van der Waals surface area contributed by atoms with Crippen molar-refractivity contribution in [1.82, 2.24) is 20.9 Å². The van der Waals surface area contributed by atoms with Crippen LogP contribution in [-0.4, -0.2) is 63.1 Å². The first kappa shape index (κ1) is 24.5. The number of piperidine rings is 1. The number of rotatable bonds is 9. The average molecular weight is 493 g/mol. The molecule has 2 fully saturated rings. The van der Waals surface area contributed by atoms with Gasteiger partial charge in [0.15, 0.2) is 5.96 Å². The van der Waals surface area contributed by atoms with Gasteiger partial charge in [-0.25, -0.2) is 0 Å². The van der Waals surface area contributed by atoms with Gasteiger partial charge in [0, 0.05) is 33.1 Å². The normalized spacial score (nSPS) is 19.6. The molecule has 6 nitrogen and oxygen atoms in total. The molecule has 0 radical (unpaired) electrons. The Morgan fingerprint density at radius 2 is 1.63 bits per heavy atom. The first-order valence-corrected chi connectivity index (χ1v) is 10.6. The lowest BCUT2D eigenvalue weighted by atomic mass is 9.99. The smallest absolute Gasteiger partial charge is 0.220 e. The Morgan fingerprint density at radius 1 is 1.00 bits per heavy atom. The fourth-order valence-electron chi connectivity index (χ4n) is 3.95. The van der Waals surface area contributed by atoms with E-state index < -0.39 is 0 Å². The van der Waals surface area contributed by atoms with E-state index in [1.165, 1.54) is 51.6 Å². The molecule has 0 unspecified atom stereocenters. The maximum atomic E-state index is 11.9. The third kappa shape index (κ3) is 10.5. The predicted octanol–water partition coefficient (Wildman–Crippen LogP) is 2.59. The lowest BCUT2D eigenvalue weighted by Gasteiger charge is -2.30. The van der Waals surface area contributed by atoms with Gasteiger partial charge >= 0.3 is 0 Å². The van der Waals surface area contributed by atoms with Crippen molar-refractivity contribution in [3.63, 3.8) is 0 Å². The second kappa shape index (κ2) is 14.4. The summed E-state index contributed by atoms with van der Waals surface area (Å²) >= 11 is 0. The fraction of sp³-hybridized carbons (Fsp3) is 0.900. The van der Waals surface area contributed by atoms with E-state index in [4.69, 9.17) is 0 Å². The maximum Gasteiger partial charge on any atom is 0.220 e. The fourth-order valence-corrected chi connectivity index (χ4v) is 3.95. The molecule has 0 bridgehead atoms. The van der Waals surface area contributed by atoms with Crippen LogP contribution in [0.1, 0.15) is 58.3 Å². The third-order valence-electron chi connectivity index (χ3n) is 5.73. The molecule has 1 saturated carbocycles. The Bertz CT molecular complexity index is 432. The minimum atomic E-state index is 0. The van der Waals surface area contributed by atoms with E-state index in [1.54, 1.807) is 7.05 Å². The van der Waals surface area contributed by atoms with E-state index >= 15 is 0 Å². The van der Waals surface area contributed by atoms with Crippen molar-refractivity contribution in [2.75, 3.05) is 46.3 Å². The lowest BCUT2D eigenvalue weighted by molar-refractivity contribution is -0.121. The van der Waals surface area contributed by atoms with Crippen LogP contribution in [0.3, 0.4) is 0 Å². The van der Waals surface area contributed by atoms with Gasteiger partial charge in [0.25, 0.3) is 0 Å². The number of nitrogens with one attached hydrogen (secondary N) is 3. The number of aliphatic imine (C=N–C) groups is 1. The highest BCUT2D eigenvalue weighted by atomic mass is 127. The monoisotopic (exact) mass is 493 g/mol. The number of carbonyl (C=O) groups excluding carboxylic acids is 1. The van der Waals surface area contributed by atoms with E-state index in [0.717, 1.165) is 31.4 Å². The minimum absolute atomic E-state index is 0. The zero-order chi connectivity index (χ0) is 18.6. The zero-order valence-electron chi connectivity index (χ0n) is 17.3. The Hall–Kier alpha value is -0.570. The van der Waals surface area contributed by atoms with E-state index in [1.807, 2.05) is 0 Å². The highest BCUT2D eigenvalue weighted by molar-refractivity contribution is 14.0. The molecule has 1 aliphatic heterocycles. The van der Waals surface area contributed by atoms with Gasteiger partial charge in [-0.2, -0.15) is 0 Å². The molecule has 1 aliphatic carbocycles. The molecule has 2 aliphatic rings. The SMILES string of the molecule is CN=C(NCCCN1CCC(C)CC1)NCCNC(=O)CC1CCCC1.I. The number of hydrogen-bond acceptors (Lipinski definition) is 3. The first-order valence-electron chi connectivity index (χ1n) is 10.6. The molecule has 0 aromatic rings. The molecule has 1 amide bonds. The van der Waals surface area contributed by atoms with Gasteiger partial charge in [0.05, 0.1) is 0 Å². The number of amides is 1. The highest BCUT2D eigenvalue weighted by Crippen LogP contribution is 2.27. The molecule has 0 aromatic heterocycles. The van der Waals surface area contributed by atoms with E-state index in [0.29, 0.717) is 25.4 Å². The molecule has 0 atom stereocenters. The second-order valence-electron chi connectivity index (χ2n) is 8.01. The van der Waals surface area contributed by atoms with E-state index in [2.05, 4.69) is 32.8 Å². The van der Waals surface area contributed by atoms with Crippen molar-refractivity contribution < 1.29 is 4.79 Å². The van der Waals surface area contributed by atoms with Gasteiger partial charge in [-0.1, -0.05) is 19.8 Å². The van der Waals surface area contributed by atoms with Gasteiger partial charge in [0.2, 0.25) is 5.91 Å². The summed E-state index contributed by atoms with van der Waals surface area (Å²) < 4.78 is 0. The van der Waals surface area contributed by atoms with Crippen LogP contribution in [0.15, 0.2) is 4.99 Å². The summed E-state index contributed by atoms with van der Waals surface area (Å²) in [5.41, 5.74) is 0. The molecule has 2 rings (SSSR count). The molecule has 1 saturated heterocycles. The van der Waals surface area contributed by atoms with E-state index in [-0.39, 0.29) is 29.9 Å². The Morgan fingerprint density at radius 3 is 2.30 bits per heavy atom. The summed E-state index contributed by atoms with van der Waals surface area (Å²) in [4.78, 5) is 18.7. The number of carbonyl (C=O) groups is 1. The topological polar surface area (TPSA) is 68.8 Å². The van der Waals surface area contributed by atoms with Crippen LogP contribution in [0.5, 0.6) is 0 Å². The maximum absolute atomic E-state index is 11.9. The van der Waals surface area contributed by atoms with Crippen LogP contribution in [-0.2, 0) is 4.79 Å². The summed E-state index contributed by atoms with van der Waals surface area (Å²) in [6.45, 7) is 8.29. The molecule has 27 heavy (non-hydrogen) atoms.